The number of aromatic nitrogens is 1. The zero-order valence-electron chi connectivity index (χ0n) is 13.3. The van der Waals surface area contributed by atoms with Gasteiger partial charge in [-0.3, -0.25) is 0 Å². The second-order valence-corrected chi connectivity index (χ2v) is 8.38. The number of thioether (sulfide) groups is 1. The molecule has 0 aliphatic carbocycles. The van der Waals surface area contributed by atoms with Crippen molar-refractivity contribution in [2.75, 3.05) is 26.0 Å². The summed E-state index contributed by atoms with van der Waals surface area (Å²) in [6.45, 7) is 2.39. The summed E-state index contributed by atoms with van der Waals surface area (Å²) < 4.78 is 28.6. The number of guanidine groups is 1. The summed E-state index contributed by atoms with van der Waals surface area (Å²) in [5, 5.41) is 2.42. The normalized spacial score (nSPS) is 17.6. The van der Waals surface area contributed by atoms with Gasteiger partial charge in [-0.25, -0.2) is 10.4 Å². The third-order valence-electron chi connectivity index (χ3n) is 2.97. The highest BCUT2D eigenvalue weighted by molar-refractivity contribution is 7.98. The van der Waals surface area contributed by atoms with Crippen LogP contribution in [-0.4, -0.2) is 60.5 Å². The van der Waals surface area contributed by atoms with Crippen LogP contribution in [0.1, 0.15) is 12.6 Å². The molecule has 0 unspecified atom stereocenters. The number of amidine groups is 1. The predicted molar refractivity (Wildman–Crippen MR) is 98.2 cm³/mol. The zero-order chi connectivity index (χ0) is 17.7. The van der Waals surface area contributed by atoms with E-state index < -0.39 is 10.2 Å². The summed E-state index contributed by atoms with van der Waals surface area (Å²) in [7, 11) is -1.86. The van der Waals surface area contributed by atoms with E-state index in [1.165, 1.54) is 11.3 Å². The number of hydrogen-bond acceptors (Lipinski definition) is 8. The van der Waals surface area contributed by atoms with Gasteiger partial charge in [-0.1, -0.05) is 4.41 Å². The molecule has 0 radical (unpaired) electrons. The fourth-order valence-corrected chi connectivity index (χ4v) is 4.42. The maximum Gasteiger partial charge on any atom is 0.338 e. The van der Waals surface area contributed by atoms with Crippen LogP contribution in [0.4, 0.5) is 5.13 Å². The number of rotatable bonds is 7. The van der Waals surface area contributed by atoms with Crippen LogP contribution >= 0.6 is 23.1 Å². The standard InChI is InChI=1S/C11H20N8O2S3/c1-8-17-24(20,21)19(7-18(8)2)14-3-4-22-5-9-6-23-11(15-9)16-10(12)13/h6,14H,3-5,7H2,1-2H3,(H4,12,13,15,16). The van der Waals surface area contributed by atoms with E-state index in [0.29, 0.717) is 29.0 Å². The molecular weight excluding hydrogens is 372 g/mol. The first-order chi connectivity index (χ1) is 11.3. The molecule has 10 nitrogen and oxygen atoms in total. The van der Waals surface area contributed by atoms with Crippen LogP contribution in [0.3, 0.4) is 0 Å². The average molecular weight is 393 g/mol. The Labute approximate surface area is 149 Å². The van der Waals surface area contributed by atoms with Crippen molar-refractivity contribution in [2.45, 2.75) is 12.7 Å². The largest absolute Gasteiger partial charge is 0.370 e. The van der Waals surface area contributed by atoms with Gasteiger partial charge in [0.15, 0.2) is 5.96 Å². The van der Waals surface area contributed by atoms with E-state index in [0.717, 1.165) is 10.1 Å². The number of hydrogen-bond donors (Lipinski definition) is 3. The molecule has 1 aliphatic heterocycles. The predicted octanol–water partition coefficient (Wildman–Crippen LogP) is -0.346. The molecular formula is C11H20N8O2S3. The van der Waals surface area contributed by atoms with Crippen LogP contribution in [-0.2, 0) is 16.0 Å². The fraction of sp³-hybridized carbons (Fsp3) is 0.545. The van der Waals surface area contributed by atoms with Crippen molar-refractivity contribution < 1.29 is 8.42 Å². The minimum atomic E-state index is -3.64. The zero-order valence-corrected chi connectivity index (χ0v) is 15.8. The van der Waals surface area contributed by atoms with Crippen molar-refractivity contribution >= 4 is 50.2 Å². The van der Waals surface area contributed by atoms with Gasteiger partial charge in [0.2, 0.25) is 5.13 Å². The van der Waals surface area contributed by atoms with Gasteiger partial charge >= 0.3 is 10.2 Å². The Hall–Kier alpha value is -1.41. The van der Waals surface area contributed by atoms with E-state index in [2.05, 4.69) is 19.8 Å². The molecule has 134 valence electrons. The molecule has 2 rings (SSSR count). The van der Waals surface area contributed by atoms with Crippen molar-refractivity contribution in [2.24, 2.45) is 20.9 Å². The second-order valence-electron chi connectivity index (χ2n) is 4.92. The first-order valence-electron chi connectivity index (χ1n) is 6.93. The van der Waals surface area contributed by atoms with Gasteiger partial charge in [-0.2, -0.15) is 25.2 Å². The Balaban J connectivity index is 1.74. The molecule has 24 heavy (non-hydrogen) atoms. The molecule has 13 heteroatoms. The fourth-order valence-electron chi connectivity index (χ4n) is 1.73. The molecule has 0 amide bonds. The van der Waals surface area contributed by atoms with Crippen molar-refractivity contribution in [3.05, 3.63) is 11.1 Å². The summed E-state index contributed by atoms with van der Waals surface area (Å²) in [4.78, 5) is 9.91. The van der Waals surface area contributed by atoms with Crippen molar-refractivity contribution in [1.82, 2.24) is 19.7 Å². The average Bonchev–Trinajstić information content (AvgIpc) is 2.90. The summed E-state index contributed by atoms with van der Waals surface area (Å²) in [5.41, 5.74) is 14.4. The molecule has 1 aromatic rings. The Morgan fingerprint density at radius 3 is 3.00 bits per heavy atom. The second kappa shape index (κ2) is 8.11. The van der Waals surface area contributed by atoms with Gasteiger partial charge in [-0.05, 0) is 6.92 Å². The molecule has 0 saturated carbocycles. The molecule has 2 heterocycles. The van der Waals surface area contributed by atoms with E-state index in [-0.39, 0.29) is 12.6 Å². The molecule has 0 fully saturated rings. The van der Waals surface area contributed by atoms with Gasteiger partial charge < -0.3 is 16.4 Å². The number of hydrazine groups is 1. The van der Waals surface area contributed by atoms with E-state index in [4.69, 9.17) is 11.5 Å². The van der Waals surface area contributed by atoms with Gasteiger partial charge in [-0.15, -0.1) is 15.7 Å². The van der Waals surface area contributed by atoms with Crippen LogP contribution < -0.4 is 16.9 Å². The maximum atomic E-state index is 11.9. The van der Waals surface area contributed by atoms with E-state index in [1.54, 1.807) is 30.6 Å². The summed E-state index contributed by atoms with van der Waals surface area (Å²) >= 11 is 3.00. The highest BCUT2D eigenvalue weighted by atomic mass is 32.2. The summed E-state index contributed by atoms with van der Waals surface area (Å²) in [6.07, 6.45) is 0. The van der Waals surface area contributed by atoms with Crippen LogP contribution in [0.2, 0.25) is 0 Å². The minimum absolute atomic E-state index is 0.0154. The first-order valence-corrected chi connectivity index (χ1v) is 10.4. The molecule has 0 aromatic carbocycles. The Bertz CT molecular complexity index is 725. The van der Waals surface area contributed by atoms with Gasteiger partial charge in [0.05, 0.1) is 5.69 Å². The molecule has 1 aliphatic rings. The Kier molecular flexibility index (Phi) is 6.40. The SMILES string of the molecule is CC1=NS(=O)(=O)N(NCCSCc2csc(N=C(N)N)n2)CN1C. The Morgan fingerprint density at radius 1 is 1.54 bits per heavy atom. The lowest BCUT2D eigenvalue weighted by Crippen LogP contribution is -2.52. The Morgan fingerprint density at radius 2 is 2.29 bits per heavy atom. The topological polar surface area (TPSA) is 142 Å². The lowest BCUT2D eigenvalue weighted by Gasteiger charge is -2.31. The van der Waals surface area contributed by atoms with Crippen molar-refractivity contribution in [3.8, 4) is 0 Å². The molecule has 1 aromatic heterocycles. The van der Waals surface area contributed by atoms with E-state index in [9.17, 15) is 8.42 Å². The highest BCUT2D eigenvalue weighted by Gasteiger charge is 2.27. The quantitative estimate of drug-likeness (QED) is 0.325. The third-order valence-corrected chi connectivity index (χ3v) is 6.04. The highest BCUT2D eigenvalue weighted by Crippen LogP contribution is 2.21. The van der Waals surface area contributed by atoms with Crippen LogP contribution in [0, 0.1) is 0 Å². The van der Waals surface area contributed by atoms with Gasteiger partial charge in [0, 0.05) is 30.5 Å². The molecule has 0 atom stereocenters. The van der Waals surface area contributed by atoms with Crippen molar-refractivity contribution in [1.29, 1.82) is 0 Å². The lowest BCUT2D eigenvalue weighted by molar-refractivity contribution is 0.240. The minimum Gasteiger partial charge on any atom is -0.370 e. The lowest BCUT2D eigenvalue weighted by atomic mass is 10.6. The first kappa shape index (κ1) is 18.9. The maximum absolute atomic E-state index is 11.9. The third kappa shape index (κ3) is 5.31. The number of thiazole rings is 1. The van der Waals surface area contributed by atoms with Gasteiger partial charge in [0.25, 0.3) is 0 Å². The number of nitrogens with one attached hydrogen (secondary N) is 1. The molecule has 0 saturated heterocycles. The van der Waals surface area contributed by atoms with Gasteiger partial charge in [0.1, 0.15) is 12.5 Å². The number of nitrogens with two attached hydrogens (primary N) is 2. The molecule has 5 N–H and O–H groups in total. The molecule has 0 spiro atoms. The van der Waals surface area contributed by atoms with Crippen molar-refractivity contribution in [3.63, 3.8) is 0 Å². The van der Waals surface area contributed by atoms with E-state index in [1.807, 2.05) is 5.38 Å². The monoisotopic (exact) mass is 392 g/mol. The summed E-state index contributed by atoms with van der Waals surface area (Å²) in [6, 6.07) is 0. The smallest absolute Gasteiger partial charge is 0.338 e. The summed E-state index contributed by atoms with van der Waals surface area (Å²) in [5.74, 6) is 1.87. The van der Waals surface area contributed by atoms with Crippen LogP contribution in [0.5, 0.6) is 0 Å². The van der Waals surface area contributed by atoms with Crippen LogP contribution in [0.15, 0.2) is 14.8 Å². The molecule has 0 bridgehead atoms. The number of nitrogens with zero attached hydrogens (tertiary/aromatic N) is 5. The number of aliphatic imine (C=N–C) groups is 1. The van der Waals surface area contributed by atoms with E-state index >= 15 is 0 Å². The van der Waals surface area contributed by atoms with Crippen LogP contribution in [0.25, 0.3) is 0 Å².